The Kier molecular flexibility index (Phi) is 5.08. The molecule has 0 aliphatic carbocycles. The van der Waals surface area contributed by atoms with Gasteiger partial charge in [-0.2, -0.15) is 4.80 Å². The molecule has 0 spiro atoms. The van der Waals surface area contributed by atoms with Crippen molar-refractivity contribution in [2.75, 3.05) is 18.1 Å². The lowest BCUT2D eigenvalue weighted by Gasteiger charge is -2.28. The van der Waals surface area contributed by atoms with Crippen molar-refractivity contribution in [3.63, 3.8) is 0 Å². The Morgan fingerprint density at radius 3 is 2.62 bits per heavy atom. The van der Waals surface area contributed by atoms with E-state index in [4.69, 9.17) is 0 Å². The second-order valence-corrected chi connectivity index (χ2v) is 8.89. The minimum atomic E-state index is -3.05. The third-order valence-electron chi connectivity index (χ3n) is 4.71. The van der Waals surface area contributed by atoms with Gasteiger partial charge in [0.25, 0.3) is 0 Å². The molecule has 1 aromatic carbocycles. The first kappa shape index (κ1) is 18.5. The smallest absolute Gasteiger partial charge is 0.249 e. The van der Waals surface area contributed by atoms with Crippen LogP contribution in [0.1, 0.15) is 31.9 Å². The van der Waals surface area contributed by atoms with Crippen LogP contribution >= 0.6 is 0 Å². The molecule has 0 saturated carbocycles. The number of hydrogen-bond acceptors (Lipinski definition) is 6. The van der Waals surface area contributed by atoms with Gasteiger partial charge in [0, 0.05) is 18.2 Å². The van der Waals surface area contributed by atoms with Gasteiger partial charge in [-0.3, -0.25) is 4.79 Å². The number of aryl methyl sites for hydroxylation is 1. The number of aromatic nitrogens is 4. The zero-order valence-electron chi connectivity index (χ0n) is 15.2. The van der Waals surface area contributed by atoms with Crippen LogP contribution in [-0.4, -0.2) is 63.5 Å². The molecule has 9 heteroatoms. The average molecular weight is 377 g/mol. The Balaban J connectivity index is 1.76. The van der Waals surface area contributed by atoms with Crippen molar-refractivity contribution < 1.29 is 13.2 Å². The number of hydrogen-bond donors (Lipinski definition) is 0. The Labute approximate surface area is 153 Å². The quantitative estimate of drug-likeness (QED) is 0.778. The highest BCUT2D eigenvalue weighted by atomic mass is 32.2. The molecule has 0 bridgehead atoms. The van der Waals surface area contributed by atoms with Gasteiger partial charge in [0.1, 0.15) is 6.04 Å². The maximum Gasteiger partial charge on any atom is 0.249 e. The molecule has 0 N–H and O–H groups in total. The number of benzene rings is 1. The first-order valence-corrected chi connectivity index (χ1v) is 10.5. The summed E-state index contributed by atoms with van der Waals surface area (Å²) >= 11 is 0. The van der Waals surface area contributed by atoms with Crippen molar-refractivity contribution in [3.8, 4) is 11.4 Å². The molecule has 1 fully saturated rings. The Morgan fingerprint density at radius 2 is 2.04 bits per heavy atom. The summed E-state index contributed by atoms with van der Waals surface area (Å²) in [4.78, 5) is 15.8. The second-order valence-electron chi connectivity index (χ2n) is 6.66. The van der Waals surface area contributed by atoms with E-state index in [9.17, 15) is 13.2 Å². The summed E-state index contributed by atoms with van der Waals surface area (Å²) in [5.41, 5.74) is 1.96. The topological polar surface area (TPSA) is 98.1 Å². The fourth-order valence-electron chi connectivity index (χ4n) is 3.16. The zero-order chi connectivity index (χ0) is 18.9. The van der Waals surface area contributed by atoms with Crippen molar-refractivity contribution >= 4 is 15.7 Å². The van der Waals surface area contributed by atoms with Gasteiger partial charge in [-0.05, 0) is 32.4 Å². The molecule has 1 aliphatic rings. The minimum absolute atomic E-state index is 0.0265. The molecule has 2 aromatic rings. The van der Waals surface area contributed by atoms with Crippen LogP contribution in [0.25, 0.3) is 11.4 Å². The largest absolute Gasteiger partial charge is 0.337 e. The summed E-state index contributed by atoms with van der Waals surface area (Å²) in [6, 6.07) is 6.81. The van der Waals surface area contributed by atoms with E-state index >= 15 is 0 Å². The molecule has 26 heavy (non-hydrogen) atoms. The summed E-state index contributed by atoms with van der Waals surface area (Å²) in [5, 5.41) is 12.4. The van der Waals surface area contributed by atoms with E-state index in [-0.39, 0.29) is 23.5 Å². The Hall–Kier alpha value is -2.29. The van der Waals surface area contributed by atoms with Gasteiger partial charge in [-0.15, -0.1) is 10.2 Å². The third kappa shape index (κ3) is 3.77. The number of likely N-dealkylation sites (N-methyl/N-ethyl adjacent to an activating group) is 1. The van der Waals surface area contributed by atoms with Crippen LogP contribution in [0.5, 0.6) is 0 Å². The number of rotatable bonds is 5. The highest BCUT2D eigenvalue weighted by molar-refractivity contribution is 7.91. The second kappa shape index (κ2) is 7.14. The maximum atomic E-state index is 12.9. The van der Waals surface area contributed by atoms with E-state index in [2.05, 4.69) is 15.4 Å². The van der Waals surface area contributed by atoms with Crippen LogP contribution in [0.3, 0.4) is 0 Å². The Bertz CT molecular complexity index is 891. The van der Waals surface area contributed by atoms with E-state index in [1.54, 1.807) is 11.8 Å². The molecular weight excluding hydrogens is 354 g/mol. The molecule has 2 atom stereocenters. The summed E-state index contributed by atoms with van der Waals surface area (Å²) in [5.74, 6) is 0.423. The fourth-order valence-corrected chi connectivity index (χ4v) is 4.89. The molecule has 2 heterocycles. The maximum absolute atomic E-state index is 12.9. The molecule has 1 aliphatic heterocycles. The third-order valence-corrected chi connectivity index (χ3v) is 6.47. The summed E-state index contributed by atoms with van der Waals surface area (Å²) in [6.45, 7) is 6.00. The molecular formula is C17H23N5O3S. The van der Waals surface area contributed by atoms with Gasteiger partial charge in [0.15, 0.2) is 9.84 Å². The van der Waals surface area contributed by atoms with Crippen LogP contribution in [0.15, 0.2) is 24.3 Å². The monoisotopic (exact) mass is 377 g/mol. The standard InChI is InChI=1S/C17H23N5O3S/c1-4-21(15-9-10-26(24,25)11-15)17(23)13(3)22-19-16(18-20-22)14-7-5-12(2)6-8-14/h5-8,13,15H,4,9-11H2,1-3H3. The number of amides is 1. The number of carbonyl (C=O) groups is 1. The number of sulfone groups is 1. The van der Waals surface area contributed by atoms with Crippen molar-refractivity contribution in [1.82, 2.24) is 25.1 Å². The SMILES string of the molecule is CCN(C(=O)C(C)n1nnc(-c2ccc(C)cc2)n1)C1CCS(=O)(=O)C1. The van der Waals surface area contributed by atoms with Gasteiger partial charge in [0.2, 0.25) is 11.7 Å². The molecule has 1 amide bonds. The van der Waals surface area contributed by atoms with E-state index in [0.29, 0.717) is 18.8 Å². The van der Waals surface area contributed by atoms with Crippen molar-refractivity contribution in [1.29, 1.82) is 0 Å². The number of nitrogens with zero attached hydrogens (tertiary/aromatic N) is 5. The van der Waals surface area contributed by atoms with E-state index in [1.807, 2.05) is 38.1 Å². The number of tetrazole rings is 1. The summed E-state index contributed by atoms with van der Waals surface area (Å²) in [6.07, 6.45) is 0.480. The van der Waals surface area contributed by atoms with Gasteiger partial charge in [-0.25, -0.2) is 8.42 Å². The predicted molar refractivity (Wildman–Crippen MR) is 97.1 cm³/mol. The average Bonchev–Trinajstić information content (AvgIpc) is 3.22. The highest BCUT2D eigenvalue weighted by Crippen LogP contribution is 2.21. The van der Waals surface area contributed by atoms with Gasteiger partial charge >= 0.3 is 0 Å². The van der Waals surface area contributed by atoms with Gasteiger partial charge in [0.05, 0.1) is 11.5 Å². The lowest BCUT2D eigenvalue weighted by Crippen LogP contribution is -2.44. The molecule has 3 rings (SSSR count). The van der Waals surface area contributed by atoms with E-state index in [0.717, 1.165) is 11.1 Å². The lowest BCUT2D eigenvalue weighted by atomic mass is 10.1. The van der Waals surface area contributed by atoms with Crippen molar-refractivity contribution in [3.05, 3.63) is 29.8 Å². The Morgan fingerprint density at radius 1 is 1.35 bits per heavy atom. The highest BCUT2D eigenvalue weighted by Gasteiger charge is 2.36. The minimum Gasteiger partial charge on any atom is -0.337 e. The van der Waals surface area contributed by atoms with Crippen LogP contribution in [0.2, 0.25) is 0 Å². The van der Waals surface area contributed by atoms with Gasteiger partial charge in [-0.1, -0.05) is 29.8 Å². The molecule has 0 radical (unpaired) electrons. The zero-order valence-corrected chi connectivity index (χ0v) is 16.0. The fraction of sp³-hybridized carbons (Fsp3) is 0.529. The first-order chi connectivity index (χ1) is 12.3. The van der Waals surface area contributed by atoms with Gasteiger partial charge < -0.3 is 4.90 Å². The molecule has 1 saturated heterocycles. The first-order valence-electron chi connectivity index (χ1n) is 8.68. The lowest BCUT2D eigenvalue weighted by molar-refractivity contribution is -0.136. The van der Waals surface area contributed by atoms with E-state index < -0.39 is 15.9 Å². The molecule has 2 unspecified atom stereocenters. The van der Waals surface area contributed by atoms with E-state index in [1.165, 1.54) is 4.80 Å². The van der Waals surface area contributed by atoms with Crippen molar-refractivity contribution in [2.24, 2.45) is 0 Å². The normalized spacial score (nSPS) is 20.0. The van der Waals surface area contributed by atoms with Crippen LogP contribution < -0.4 is 0 Å². The molecule has 8 nitrogen and oxygen atoms in total. The molecule has 1 aromatic heterocycles. The predicted octanol–water partition coefficient (Wildman–Crippen LogP) is 1.25. The summed E-state index contributed by atoms with van der Waals surface area (Å²) < 4.78 is 23.5. The van der Waals surface area contributed by atoms with Crippen LogP contribution in [-0.2, 0) is 14.6 Å². The van der Waals surface area contributed by atoms with Crippen LogP contribution in [0, 0.1) is 6.92 Å². The number of carbonyl (C=O) groups excluding carboxylic acids is 1. The molecule has 140 valence electrons. The summed E-state index contributed by atoms with van der Waals surface area (Å²) in [7, 11) is -3.05. The van der Waals surface area contributed by atoms with Crippen molar-refractivity contribution in [2.45, 2.75) is 39.3 Å². The van der Waals surface area contributed by atoms with Crippen LogP contribution in [0.4, 0.5) is 0 Å².